The van der Waals surface area contributed by atoms with Gasteiger partial charge in [-0.15, -0.1) is 0 Å². The molecule has 0 aliphatic carbocycles. The molecule has 0 aromatic carbocycles. The largest absolute Gasteiger partial charge is 0.394 e. The van der Waals surface area contributed by atoms with Crippen LogP contribution in [0.4, 0.5) is 0 Å². The van der Waals surface area contributed by atoms with E-state index in [-0.39, 0.29) is 25.7 Å². The van der Waals surface area contributed by atoms with Crippen molar-refractivity contribution in [1.29, 1.82) is 0 Å². The summed E-state index contributed by atoms with van der Waals surface area (Å²) in [6.45, 7) is -0.947. The number of hydrogen-bond acceptors (Lipinski definition) is 10. The van der Waals surface area contributed by atoms with Crippen LogP contribution in [0.1, 0.15) is 12.8 Å². The number of carbonyl (C=O) groups excluding carboxylic acids is 1. The highest BCUT2D eigenvalue weighted by Gasteiger charge is 2.34. The third kappa shape index (κ3) is 7.54. The van der Waals surface area contributed by atoms with Crippen LogP contribution in [0.15, 0.2) is 0 Å². The molecule has 132 valence electrons. The smallest absolute Gasteiger partial charge is 0.181 e. The summed E-state index contributed by atoms with van der Waals surface area (Å²) in [6.07, 6.45) is -7.86. The predicted molar refractivity (Wildman–Crippen MR) is 70.4 cm³/mol. The summed E-state index contributed by atoms with van der Waals surface area (Å²) in [4.78, 5) is 9.85. The molecule has 1 aliphatic heterocycles. The van der Waals surface area contributed by atoms with Gasteiger partial charge in [-0.05, 0) is 0 Å². The molecule has 0 spiro atoms. The van der Waals surface area contributed by atoms with E-state index in [1.165, 1.54) is 0 Å². The summed E-state index contributed by atoms with van der Waals surface area (Å²) < 4.78 is 4.67. The average molecular weight is 328 g/mol. The first kappa shape index (κ1) is 21.3. The molecular weight excluding hydrogens is 304 g/mol. The fraction of sp³-hybridized carbons (Fsp3) is 0.917. The van der Waals surface area contributed by atoms with Gasteiger partial charge < -0.3 is 50.4 Å². The fourth-order valence-electron chi connectivity index (χ4n) is 1.62. The number of hydrogen-bond donors (Lipinski definition) is 8. The van der Waals surface area contributed by atoms with Gasteiger partial charge in [-0.25, -0.2) is 0 Å². The highest BCUT2D eigenvalue weighted by atomic mass is 16.6. The minimum atomic E-state index is -1.30. The molecule has 0 amide bonds. The molecular formula is C12H24O10. The van der Waals surface area contributed by atoms with E-state index in [9.17, 15) is 4.79 Å². The Hall–Kier alpha value is -0.690. The van der Waals surface area contributed by atoms with Crippen LogP contribution in [0.5, 0.6) is 0 Å². The topological polar surface area (TPSA) is 188 Å². The van der Waals surface area contributed by atoms with Crippen LogP contribution in [0.25, 0.3) is 0 Å². The Bertz CT molecular complexity index is 302. The summed E-state index contributed by atoms with van der Waals surface area (Å²) in [6, 6.07) is 0. The normalized spacial score (nSPS) is 32.4. The lowest BCUT2D eigenvalue weighted by molar-refractivity contribution is -0.251. The third-order valence-corrected chi connectivity index (χ3v) is 3.01. The standard InChI is InChI=1S/2C6H12O5/c7-2-5-3(8)1-4(9)6(10)11-5;7-2-4(9)1-5(10)6(11)3-8/h3-10H,1-2H2;2,4-6,8-11H,1,3H2/t3-,4+,5+,6?;4-,5+,6-/m01/s1. The third-order valence-electron chi connectivity index (χ3n) is 3.01. The molecule has 1 heterocycles. The van der Waals surface area contributed by atoms with Crippen LogP contribution in [0.2, 0.25) is 0 Å². The van der Waals surface area contributed by atoms with Crippen LogP contribution in [-0.2, 0) is 9.53 Å². The molecule has 0 bridgehead atoms. The van der Waals surface area contributed by atoms with Gasteiger partial charge in [0.1, 0.15) is 30.7 Å². The van der Waals surface area contributed by atoms with Crippen molar-refractivity contribution >= 4 is 6.29 Å². The van der Waals surface area contributed by atoms with Gasteiger partial charge >= 0.3 is 0 Å². The highest BCUT2D eigenvalue weighted by Crippen LogP contribution is 2.18. The predicted octanol–water partition coefficient (Wildman–Crippen LogP) is -4.54. The quantitative estimate of drug-likeness (QED) is 0.220. The van der Waals surface area contributed by atoms with Crippen LogP contribution in [0.3, 0.4) is 0 Å². The van der Waals surface area contributed by atoms with Crippen molar-refractivity contribution in [1.82, 2.24) is 0 Å². The van der Waals surface area contributed by atoms with Crippen molar-refractivity contribution in [2.45, 2.75) is 55.8 Å². The molecule has 1 saturated heterocycles. The Morgan fingerprint density at radius 1 is 1.05 bits per heavy atom. The Morgan fingerprint density at radius 3 is 2.09 bits per heavy atom. The first-order chi connectivity index (χ1) is 10.3. The van der Waals surface area contributed by atoms with Crippen LogP contribution < -0.4 is 0 Å². The van der Waals surface area contributed by atoms with E-state index < -0.39 is 49.5 Å². The number of carbonyl (C=O) groups is 1. The Morgan fingerprint density at radius 2 is 1.64 bits per heavy atom. The summed E-state index contributed by atoms with van der Waals surface area (Å²) >= 11 is 0. The summed E-state index contributed by atoms with van der Waals surface area (Å²) in [5.74, 6) is 0. The zero-order chi connectivity index (χ0) is 17.3. The Kier molecular flexibility index (Phi) is 10.6. The van der Waals surface area contributed by atoms with Crippen LogP contribution >= 0.6 is 0 Å². The van der Waals surface area contributed by atoms with Gasteiger partial charge in [0.15, 0.2) is 6.29 Å². The van der Waals surface area contributed by atoms with Gasteiger partial charge in [0, 0.05) is 12.8 Å². The zero-order valence-electron chi connectivity index (χ0n) is 11.8. The molecule has 1 aliphatic rings. The number of ether oxygens (including phenoxy) is 1. The van der Waals surface area contributed by atoms with Gasteiger partial charge in [0.2, 0.25) is 0 Å². The fourth-order valence-corrected chi connectivity index (χ4v) is 1.62. The zero-order valence-corrected chi connectivity index (χ0v) is 11.8. The van der Waals surface area contributed by atoms with E-state index in [0.717, 1.165) is 0 Å². The van der Waals surface area contributed by atoms with Crippen LogP contribution in [0, 0.1) is 0 Å². The number of rotatable bonds is 6. The van der Waals surface area contributed by atoms with E-state index in [4.69, 9.17) is 40.9 Å². The van der Waals surface area contributed by atoms with Crippen LogP contribution in [-0.4, -0.2) is 103 Å². The van der Waals surface area contributed by atoms with Gasteiger partial charge in [-0.2, -0.15) is 0 Å². The molecule has 1 rings (SSSR count). The monoisotopic (exact) mass is 328 g/mol. The number of aldehydes is 1. The highest BCUT2D eigenvalue weighted by molar-refractivity contribution is 5.55. The summed E-state index contributed by atoms with van der Waals surface area (Å²) in [5.41, 5.74) is 0. The molecule has 22 heavy (non-hydrogen) atoms. The van der Waals surface area contributed by atoms with Crippen molar-refractivity contribution in [2.75, 3.05) is 13.2 Å². The minimum absolute atomic E-state index is 0.0341. The van der Waals surface area contributed by atoms with E-state index >= 15 is 0 Å². The van der Waals surface area contributed by atoms with E-state index in [2.05, 4.69) is 4.74 Å². The molecule has 7 atom stereocenters. The van der Waals surface area contributed by atoms with Gasteiger partial charge in [-0.3, -0.25) is 0 Å². The van der Waals surface area contributed by atoms with E-state index in [1.54, 1.807) is 0 Å². The van der Waals surface area contributed by atoms with Crippen molar-refractivity contribution < 1.29 is 50.4 Å². The summed E-state index contributed by atoms with van der Waals surface area (Å²) in [5, 5.41) is 70.1. The lowest BCUT2D eigenvalue weighted by Crippen LogP contribution is -2.48. The molecule has 10 nitrogen and oxygen atoms in total. The van der Waals surface area contributed by atoms with E-state index in [1.807, 2.05) is 0 Å². The maximum absolute atomic E-state index is 9.85. The first-order valence-corrected chi connectivity index (χ1v) is 6.67. The van der Waals surface area contributed by atoms with Crippen molar-refractivity contribution in [3.63, 3.8) is 0 Å². The maximum Gasteiger partial charge on any atom is 0.181 e. The second-order valence-electron chi connectivity index (χ2n) is 4.87. The molecule has 1 fully saturated rings. The second-order valence-corrected chi connectivity index (χ2v) is 4.87. The minimum Gasteiger partial charge on any atom is -0.394 e. The summed E-state index contributed by atoms with van der Waals surface area (Å²) in [7, 11) is 0. The van der Waals surface area contributed by atoms with Crippen molar-refractivity contribution in [3.05, 3.63) is 0 Å². The number of aliphatic hydroxyl groups is 8. The van der Waals surface area contributed by atoms with Gasteiger partial charge in [0.05, 0.1) is 25.4 Å². The number of aliphatic hydroxyl groups excluding tert-OH is 8. The SMILES string of the molecule is O=C[C@H](O)C[C@H](O)[C@H](O)CO.OC[C@H]1OC(O)[C@H](O)C[C@@H]1O. The second kappa shape index (κ2) is 10.9. The lowest BCUT2D eigenvalue weighted by Gasteiger charge is -2.33. The molecule has 10 heteroatoms. The van der Waals surface area contributed by atoms with Gasteiger partial charge in [-0.1, -0.05) is 0 Å². The van der Waals surface area contributed by atoms with Gasteiger partial charge in [0.25, 0.3) is 0 Å². The first-order valence-electron chi connectivity index (χ1n) is 6.67. The molecule has 0 radical (unpaired) electrons. The van der Waals surface area contributed by atoms with Crippen molar-refractivity contribution in [3.8, 4) is 0 Å². The van der Waals surface area contributed by atoms with E-state index in [0.29, 0.717) is 0 Å². The lowest BCUT2D eigenvalue weighted by atomic mass is 10.0. The molecule has 0 saturated carbocycles. The average Bonchev–Trinajstić information content (AvgIpc) is 2.50. The molecule has 0 aromatic heterocycles. The maximum atomic E-state index is 9.85. The Balaban J connectivity index is 0.000000401. The molecule has 8 N–H and O–H groups in total. The molecule has 0 aromatic rings. The molecule has 1 unspecified atom stereocenters. The Labute approximate surface area is 126 Å². The van der Waals surface area contributed by atoms with Crippen molar-refractivity contribution in [2.24, 2.45) is 0 Å².